The van der Waals surface area contributed by atoms with Gasteiger partial charge in [0.15, 0.2) is 0 Å². The fourth-order valence-electron chi connectivity index (χ4n) is 1.53. The van der Waals surface area contributed by atoms with Gasteiger partial charge >= 0.3 is 12.0 Å². The van der Waals surface area contributed by atoms with Crippen molar-refractivity contribution >= 4 is 5.95 Å². The average Bonchev–Trinajstić information content (AvgIpc) is 2.47. The predicted molar refractivity (Wildman–Crippen MR) is 77.6 cm³/mol. The van der Waals surface area contributed by atoms with E-state index < -0.39 is 0 Å². The lowest BCUT2D eigenvalue weighted by atomic mass is 10.2. The summed E-state index contributed by atoms with van der Waals surface area (Å²) in [5.74, 6) is 0.929. The molecule has 1 heterocycles. The lowest BCUT2D eigenvalue weighted by Crippen LogP contribution is -2.11. The third-order valence-corrected chi connectivity index (χ3v) is 2.47. The molecule has 7 heteroatoms. The Morgan fingerprint density at radius 1 is 1.10 bits per heavy atom. The number of rotatable bonds is 6. The highest BCUT2D eigenvalue weighted by atomic mass is 16.5. The van der Waals surface area contributed by atoms with Crippen molar-refractivity contribution in [3.63, 3.8) is 0 Å². The van der Waals surface area contributed by atoms with E-state index in [1.54, 1.807) is 31.3 Å². The molecule has 0 bridgehead atoms. The van der Waals surface area contributed by atoms with Crippen molar-refractivity contribution in [1.82, 2.24) is 15.0 Å². The highest BCUT2D eigenvalue weighted by Crippen LogP contribution is 2.21. The summed E-state index contributed by atoms with van der Waals surface area (Å²) in [6.07, 6.45) is -0.0474. The third-order valence-electron chi connectivity index (χ3n) is 2.47. The van der Waals surface area contributed by atoms with E-state index in [0.717, 1.165) is 5.56 Å². The molecule has 1 aromatic carbocycles. The zero-order chi connectivity index (χ0) is 15.2. The van der Waals surface area contributed by atoms with Crippen LogP contribution in [-0.4, -0.2) is 33.2 Å². The van der Waals surface area contributed by atoms with Crippen LogP contribution in [0.4, 0.5) is 5.95 Å². The van der Waals surface area contributed by atoms with Gasteiger partial charge in [-0.05, 0) is 31.5 Å². The highest BCUT2D eigenvalue weighted by molar-refractivity contribution is 5.31. The number of aromatic nitrogens is 3. The lowest BCUT2D eigenvalue weighted by Gasteiger charge is -2.10. The predicted octanol–water partition coefficient (Wildman–Crippen LogP) is 1.99. The van der Waals surface area contributed by atoms with E-state index in [4.69, 9.17) is 14.6 Å². The number of benzene rings is 1. The topological polar surface area (TPSA) is 89.4 Å². The van der Waals surface area contributed by atoms with Gasteiger partial charge in [0.25, 0.3) is 0 Å². The molecule has 0 saturated heterocycles. The molecular formula is C14H18N4O3. The van der Waals surface area contributed by atoms with Crippen LogP contribution < -0.4 is 14.8 Å². The van der Waals surface area contributed by atoms with E-state index >= 15 is 0 Å². The number of anilines is 1. The molecule has 112 valence electrons. The van der Waals surface area contributed by atoms with Gasteiger partial charge in [0, 0.05) is 7.05 Å². The summed E-state index contributed by atoms with van der Waals surface area (Å²) in [6, 6.07) is 7.34. The van der Waals surface area contributed by atoms with E-state index in [2.05, 4.69) is 20.3 Å². The number of aliphatic hydroxyl groups excluding tert-OH is 1. The van der Waals surface area contributed by atoms with Crippen LogP contribution in [-0.2, 0) is 6.61 Å². The summed E-state index contributed by atoms with van der Waals surface area (Å²) in [4.78, 5) is 12.3. The Morgan fingerprint density at radius 3 is 2.33 bits per heavy atom. The minimum atomic E-state index is -0.0474. The fraction of sp³-hybridized carbons (Fsp3) is 0.357. The molecule has 0 aliphatic carbocycles. The second-order valence-corrected chi connectivity index (χ2v) is 4.54. The van der Waals surface area contributed by atoms with Crippen molar-refractivity contribution in [2.45, 2.75) is 26.6 Å². The fourth-order valence-corrected chi connectivity index (χ4v) is 1.53. The first-order chi connectivity index (χ1) is 10.1. The van der Waals surface area contributed by atoms with Crippen LogP contribution in [0.25, 0.3) is 0 Å². The summed E-state index contributed by atoms with van der Waals surface area (Å²) in [5, 5.41) is 11.8. The van der Waals surface area contributed by atoms with Crippen molar-refractivity contribution in [3.8, 4) is 17.8 Å². The molecule has 1 aromatic heterocycles. The van der Waals surface area contributed by atoms with Crippen LogP contribution in [0, 0.1) is 0 Å². The Balaban J connectivity index is 2.20. The molecule has 7 nitrogen and oxygen atoms in total. The van der Waals surface area contributed by atoms with Gasteiger partial charge in [0.1, 0.15) is 5.75 Å². The third kappa shape index (κ3) is 4.28. The number of hydrogen-bond donors (Lipinski definition) is 2. The van der Waals surface area contributed by atoms with Crippen LogP contribution in [0.5, 0.6) is 17.8 Å². The molecule has 0 saturated carbocycles. The first kappa shape index (κ1) is 15.0. The van der Waals surface area contributed by atoms with Gasteiger partial charge in [0.05, 0.1) is 12.7 Å². The van der Waals surface area contributed by atoms with Crippen LogP contribution in [0.2, 0.25) is 0 Å². The van der Waals surface area contributed by atoms with Crippen LogP contribution >= 0.6 is 0 Å². The Kier molecular flexibility index (Phi) is 4.89. The number of nitrogens with zero attached hydrogens (tertiary/aromatic N) is 3. The van der Waals surface area contributed by atoms with E-state index in [1.165, 1.54) is 0 Å². The van der Waals surface area contributed by atoms with Crippen molar-refractivity contribution in [1.29, 1.82) is 0 Å². The molecule has 0 unspecified atom stereocenters. The van der Waals surface area contributed by atoms with Gasteiger partial charge in [-0.1, -0.05) is 12.1 Å². The van der Waals surface area contributed by atoms with E-state index in [-0.39, 0.29) is 24.7 Å². The molecule has 2 N–H and O–H groups in total. The van der Waals surface area contributed by atoms with E-state index in [1.807, 2.05) is 13.8 Å². The second-order valence-electron chi connectivity index (χ2n) is 4.54. The number of nitrogens with one attached hydrogen (secondary N) is 1. The maximum atomic E-state index is 9.01. The van der Waals surface area contributed by atoms with Gasteiger partial charge in [-0.25, -0.2) is 0 Å². The Morgan fingerprint density at radius 2 is 1.76 bits per heavy atom. The molecule has 0 spiro atoms. The molecule has 0 aliphatic rings. The van der Waals surface area contributed by atoms with Gasteiger partial charge in [0.2, 0.25) is 5.95 Å². The molecule has 0 atom stereocenters. The van der Waals surface area contributed by atoms with Crippen molar-refractivity contribution < 1.29 is 14.6 Å². The maximum Gasteiger partial charge on any atom is 0.330 e. The average molecular weight is 290 g/mol. The monoisotopic (exact) mass is 290 g/mol. The Bertz CT molecular complexity index is 587. The number of ether oxygens (including phenoxy) is 2. The summed E-state index contributed by atoms with van der Waals surface area (Å²) < 4.78 is 11.0. The minimum absolute atomic E-state index is 0.0116. The van der Waals surface area contributed by atoms with Crippen LogP contribution in [0.15, 0.2) is 24.3 Å². The summed E-state index contributed by atoms with van der Waals surface area (Å²) in [7, 11) is 1.70. The summed E-state index contributed by atoms with van der Waals surface area (Å²) >= 11 is 0. The van der Waals surface area contributed by atoms with Gasteiger partial charge < -0.3 is 19.9 Å². The van der Waals surface area contributed by atoms with Gasteiger partial charge in [-0.3, -0.25) is 0 Å². The first-order valence-electron chi connectivity index (χ1n) is 6.59. The van der Waals surface area contributed by atoms with E-state index in [9.17, 15) is 0 Å². The SMILES string of the molecule is CNc1nc(Oc2ccc(CO)cc2)nc(OC(C)C)n1. The Labute approximate surface area is 123 Å². The van der Waals surface area contributed by atoms with Crippen molar-refractivity contribution in [3.05, 3.63) is 29.8 Å². The molecule has 0 amide bonds. The van der Waals surface area contributed by atoms with Crippen LogP contribution in [0.1, 0.15) is 19.4 Å². The molecule has 0 aliphatic heterocycles. The molecule has 0 fully saturated rings. The largest absolute Gasteiger partial charge is 0.461 e. The smallest absolute Gasteiger partial charge is 0.330 e. The summed E-state index contributed by atoms with van der Waals surface area (Å²) in [5.41, 5.74) is 0.803. The van der Waals surface area contributed by atoms with Crippen LogP contribution in [0.3, 0.4) is 0 Å². The summed E-state index contributed by atoms with van der Waals surface area (Å²) in [6.45, 7) is 3.76. The normalized spacial score (nSPS) is 10.5. The van der Waals surface area contributed by atoms with Gasteiger partial charge in [-0.15, -0.1) is 4.98 Å². The number of hydrogen-bond acceptors (Lipinski definition) is 7. The minimum Gasteiger partial charge on any atom is -0.461 e. The molecule has 0 radical (unpaired) electrons. The number of aliphatic hydroxyl groups is 1. The Hall–Kier alpha value is -2.41. The molecule has 2 aromatic rings. The maximum absolute atomic E-state index is 9.01. The lowest BCUT2D eigenvalue weighted by molar-refractivity contribution is 0.218. The zero-order valence-corrected chi connectivity index (χ0v) is 12.2. The molecular weight excluding hydrogens is 272 g/mol. The van der Waals surface area contributed by atoms with E-state index in [0.29, 0.717) is 11.7 Å². The molecule has 21 heavy (non-hydrogen) atoms. The quantitative estimate of drug-likeness (QED) is 0.840. The highest BCUT2D eigenvalue weighted by Gasteiger charge is 2.10. The van der Waals surface area contributed by atoms with Gasteiger partial charge in [-0.2, -0.15) is 9.97 Å². The standard InChI is InChI=1S/C14H18N4O3/c1-9(2)20-13-16-12(15-3)17-14(18-13)21-11-6-4-10(8-19)5-7-11/h4-7,9,19H,8H2,1-3H3,(H,15,16,17,18). The first-order valence-corrected chi connectivity index (χ1v) is 6.59. The van der Waals surface area contributed by atoms with Crippen molar-refractivity contribution in [2.75, 3.05) is 12.4 Å². The second kappa shape index (κ2) is 6.85. The van der Waals surface area contributed by atoms with Crippen molar-refractivity contribution in [2.24, 2.45) is 0 Å². The zero-order valence-electron chi connectivity index (χ0n) is 12.2. The molecule has 2 rings (SSSR count).